The van der Waals surface area contributed by atoms with Crippen LogP contribution in [0.5, 0.6) is 0 Å². The third kappa shape index (κ3) is 4.10. The number of hydrogen-bond acceptors (Lipinski definition) is 3. The first-order valence-corrected chi connectivity index (χ1v) is 7.84. The highest BCUT2D eigenvalue weighted by Crippen LogP contribution is 2.37. The molecule has 148 valence electrons. The second kappa shape index (κ2) is 6.84. The predicted octanol–water partition coefficient (Wildman–Crippen LogP) is 4.44. The molecule has 1 aliphatic rings. The summed E-state index contributed by atoms with van der Waals surface area (Å²) >= 11 is 0. The number of esters is 1. The van der Waals surface area contributed by atoms with Gasteiger partial charge in [0.2, 0.25) is 0 Å². The number of carbonyl (C=O) groups excluding carboxylic acids is 2. The molecule has 1 aliphatic heterocycles. The Bertz CT molecular complexity index is 903. The van der Waals surface area contributed by atoms with E-state index in [0.29, 0.717) is 17.7 Å². The van der Waals surface area contributed by atoms with Gasteiger partial charge >= 0.3 is 18.3 Å². The normalized spacial score (nSPS) is 16.9. The number of alkyl halides is 6. The Morgan fingerprint density at radius 1 is 0.964 bits per heavy atom. The van der Waals surface area contributed by atoms with Gasteiger partial charge in [0.15, 0.2) is 6.10 Å². The van der Waals surface area contributed by atoms with Gasteiger partial charge in [0, 0.05) is 12.1 Å². The van der Waals surface area contributed by atoms with E-state index in [1.54, 1.807) is 18.2 Å². The van der Waals surface area contributed by atoms with Crippen molar-refractivity contribution in [2.75, 3.05) is 5.32 Å². The van der Waals surface area contributed by atoms with Crippen molar-refractivity contribution >= 4 is 17.6 Å². The van der Waals surface area contributed by atoms with Gasteiger partial charge in [0.25, 0.3) is 5.91 Å². The zero-order valence-corrected chi connectivity index (χ0v) is 13.8. The molecule has 0 bridgehead atoms. The Balaban J connectivity index is 1.87. The van der Waals surface area contributed by atoms with Crippen LogP contribution in [0.15, 0.2) is 42.5 Å². The quantitative estimate of drug-likeness (QED) is 0.596. The molecule has 0 spiro atoms. The van der Waals surface area contributed by atoms with Crippen molar-refractivity contribution in [3.05, 3.63) is 64.7 Å². The minimum atomic E-state index is -5.04. The van der Waals surface area contributed by atoms with E-state index in [-0.39, 0.29) is 18.1 Å². The van der Waals surface area contributed by atoms with Crippen LogP contribution in [-0.4, -0.2) is 18.0 Å². The van der Waals surface area contributed by atoms with E-state index in [4.69, 9.17) is 4.74 Å². The summed E-state index contributed by atoms with van der Waals surface area (Å²) in [5.41, 5.74) is -3.11. The molecule has 2 aromatic rings. The van der Waals surface area contributed by atoms with Crippen molar-refractivity contribution in [3.8, 4) is 0 Å². The number of amides is 1. The van der Waals surface area contributed by atoms with Crippen LogP contribution in [-0.2, 0) is 28.3 Å². The van der Waals surface area contributed by atoms with Gasteiger partial charge < -0.3 is 10.1 Å². The van der Waals surface area contributed by atoms with Crippen molar-refractivity contribution < 1.29 is 40.7 Å². The molecule has 2 aromatic carbocycles. The molecule has 28 heavy (non-hydrogen) atoms. The van der Waals surface area contributed by atoms with Crippen LogP contribution in [0.25, 0.3) is 0 Å². The number of ether oxygens (including phenoxy) is 1. The van der Waals surface area contributed by atoms with E-state index >= 15 is 0 Å². The maximum Gasteiger partial charge on any atom is 0.416 e. The Hall–Kier alpha value is -3.04. The number of benzene rings is 2. The van der Waals surface area contributed by atoms with E-state index in [1.807, 2.05) is 5.32 Å². The lowest BCUT2D eigenvalue weighted by molar-refractivity contribution is -0.143. The summed E-state index contributed by atoms with van der Waals surface area (Å²) in [5, 5.41) is 1.97. The molecule has 1 heterocycles. The van der Waals surface area contributed by atoms with Crippen LogP contribution >= 0.6 is 0 Å². The molecule has 0 radical (unpaired) electrons. The lowest BCUT2D eigenvalue weighted by atomic mass is 9.98. The predicted molar refractivity (Wildman–Crippen MR) is 84.4 cm³/mol. The molecule has 0 saturated heterocycles. The fourth-order valence-electron chi connectivity index (χ4n) is 2.73. The van der Waals surface area contributed by atoms with E-state index < -0.39 is 47.1 Å². The molecule has 0 aromatic heterocycles. The van der Waals surface area contributed by atoms with Gasteiger partial charge in [0.1, 0.15) is 0 Å². The van der Waals surface area contributed by atoms with Gasteiger partial charge in [-0.1, -0.05) is 18.2 Å². The van der Waals surface area contributed by atoms with Crippen LogP contribution < -0.4 is 5.32 Å². The van der Waals surface area contributed by atoms with Crippen molar-refractivity contribution in [1.29, 1.82) is 0 Å². The average Bonchev–Trinajstić information content (AvgIpc) is 2.60. The van der Waals surface area contributed by atoms with Crippen molar-refractivity contribution in [1.82, 2.24) is 0 Å². The molecule has 0 aliphatic carbocycles. The van der Waals surface area contributed by atoms with Gasteiger partial charge in [-0.25, -0.2) is 4.79 Å². The Morgan fingerprint density at radius 2 is 1.54 bits per heavy atom. The van der Waals surface area contributed by atoms with Crippen LogP contribution in [0.2, 0.25) is 0 Å². The van der Waals surface area contributed by atoms with E-state index in [2.05, 4.69) is 0 Å². The van der Waals surface area contributed by atoms with Gasteiger partial charge in [-0.2, -0.15) is 26.3 Å². The van der Waals surface area contributed by atoms with Crippen molar-refractivity contribution in [2.45, 2.75) is 24.9 Å². The van der Waals surface area contributed by atoms with E-state index in [1.165, 1.54) is 6.07 Å². The van der Waals surface area contributed by atoms with Crippen LogP contribution in [0.3, 0.4) is 0 Å². The Kier molecular flexibility index (Phi) is 4.82. The maximum absolute atomic E-state index is 12.9. The number of hydrogen-bond donors (Lipinski definition) is 1. The molecular formula is C18H11F6NO3. The highest BCUT2D eigenvalue weighted by molar-refractivity contribution is 6.00. The first-order valence-electron chi connectivity index (χ1n) is 7.84. The topological polar surface area (TPSA) is 55.4 Å². The summed E-state index contributed by atoms with van der Waals surface area (Å²) < 4.78 is 82.3. The number of anilines is 1. The molecule has 1 amide bonds. The largest absolute Gasteiger partial charge is 0.448 e. The average molecular weight is 403 g/mol. The molecule has 4 nitrogen and oxygen atoms in total. The number of nitrogens with one attached hydrogen (secondary N) is 1. The highest BCUT2D eigenvalue weighted by Gasteiger charge is 2.38. The van der Waals surface area contributed by atoms with Gasteiger partial charge in [-0.15, -0.1) is 0 Å². The molecule has 1 N–H and O–H groups in total. The fraction of sp³-hybridized carbons (Fsp3) is 0.222. The summed E-state index contributed by atoms with van der Waals surface area (Å²) in [5.74, 6) is -1.84. The van der Waals surface area contributed by atoms with Gasteiger partial charge in [-0.05, 0) is 29.8 Å². The van der Waals surface area contributed by atoms with Crippen LogP contribution in [0.1, 0.15) is 27.0 Å². The lowest BCUT2D eigenvalue weighted by Gasteiger charge is -2.24. The summed E-state index contributed by atoms with van der Waals surface area (Å²) in [6, 6.07) is 6.97. The molecule has 1 unspecified atom stereocenters. The molecule has 1 atom stereocenters. The van der Waals surface area contributed by atoms with Gasteiger partial charge in [-0.3, -0.25) is 4.79 Å². The summed E-state index contributed by atoms with van der Waals surface area (Å²) in [4.78, 5) is 24.2. The van der Waals surface area contributed by atoms with E-state index in [0.717, 1.165) is 0 Å². The first-order chi connectivity index (χ1) is 12.9. The lowest BCUT2D eigenvalue weighted by Crippen LogP contribution is -2.38. The standard InChI is InChI=1S/C18H11F6NO3/c19-17(20,21)10-6-11(18(22,23)24)8-12(7-10)25-15(26)14-5-9-3-1-2-4-13(9)16(27)28-14/h1-4,6-8,14H,5H2,(H,25,26). The number of rotatable bonds is 2. The molecule has 0 fully saturated rings. The van der Waals surface area contributed by atoms with E-state index in [9.17, 15) is 35.9 Å². The maximum atomic E-state index is 12.9. The molecule has 0 saturated carbocycles. The minimum Gasteiger partial charge on any atom is -0.448 e. The SMILES string of the molecule is O=C1OC(C(=O)Nc2cc(C(F)(F)F)cc(C(F)(F)F)c2)Cc2ccccc21. The number of cyclic esters (lactones) is 1. The number of fused-ring (bicyclic) bond motifs is 1. The minimum absolute atomic E-state index is 0.0491. The second-order valence-corrected chi connectivity index (χ2v) is 6.04. The van der Waals surface area contributed by atoms with Gasteiger partial charge in [0.05, 0.1) is 16.7 Å². The zero-order valence-electron chi connectivity index (χ0n) is 13.8. The van der Waals surface area contributed by atoms with Crippen molar-refractivity contribution in [2.24, 2.45) is 0 Å². The summed E-state index contributed by atoms with van der Waals surface area (Å²) in [7, 11) is 0. The first kappa shape index (κ1) is 19.7. The monoisotopic (exact) mass is 403 g/mol. The third-order valence-electron chi connectivity index (χ3n) is 4.04. The third-order valence-corrected chi connectivity index (χ3v) is 4.04. The van der Waals surface area contributed by atoms with Crippen LogP contribution in [0, 0.1) is 0 Å². The summed E-state index contributed by atoms with van der Waals surface area (Å²) in [6.45, 7) is 0. The number of halogens is 6. The zero-order chi connectivity index (χ0) is 20.7. The molecule has 3 rings (SSSR count). The number of carbonyl (C=O) groups is 2. The smallest absolute Gasteiger partial charge is 0.416 e. The van der Waals surface area contributed by atoms with Crippen molar-refractivity contribution in [3.63, 3.8) is 0 Å². The molecule has 10 heteroatoms. The molecular weight excluding hydrogens is 392 g/mol. The Labute approximate surface area is 154 Å². The second-order valence-electron chi connectivity index (χ2n) is 6.04. The highest BCUT2D eigenvalue weighted by atomic mass is 19.4. The fourth-order valence-corrected chi connectivity index (χ4v) is 2.73. The Morgan fingerprint density at radius 3 is 2.11 bits per heavy atom. The van der Waals surface area contributed by atoms with Crippen LogP contribution in [0.4, 0.5) is 32.0 Å². The summed E-state index contributed by atoms with van der Waals surface area (Å²) in [6.07, 6.45) is -11.5.